The van der Waals surface area contributed by atoms with Crippen LogP contribution in [0.4, 0.5) is 0 Å². The van der Waals surface area contributed by atoms with Crippen molar-refractivity contribution in [3.63, 3.8) is 0 Å². The molecule has 0 radical (unpaired) electrons. The zero-order chi connectivity index (χ0) is 21.4. The number of nitrogens with one attached hydrogen (secondary N) is 2. The first-order chi connectivity index (χ1) is 13.8. The Kier molecular flexibility index (Phi) is 10.4. The molecule has 1 unspecified atom stereocenters. The molecule has 2 N–H and O–H groups in total. The lowest BCUT2D eigenvalue weighted by Crippen LogP contribution is -2.38. The smallest absolute Gasteiger partial charge is 0.232 e. The molecule has 1 atom stereocenters. The first-order valence-corrected chi connectivity index (χ1v) is 9.98. The molecule has 8 nitrogen and oxygen atoms in total. The molecule has 0 amide bonds. The van der Waals surface area contributed by atoms with Gasteiger partial charge in [-0.2, -0.15) is 4.98 Å². The fourth-order valence-electron chi connectivity index (χ4n) is 2.61. The van der Waals surface area contributed by atoms with Crippen LogP contribution in [0.15, 0.2) is 27.7 Å². The van der Waals surface area contributed by atoms with Crippen molar-refractivity contribution in [3.05, 3.63) is 35.5 Å². The summed E-state index contributed by atoms with van der Waals surface area (Å²) in [6, 6.07) is 5.96. The predicted octanol–water partition coefficient (Wildman–Crippen LogP) is 4.21. The van der Waals surface area contributed by atoms with Crippen molar-refractivity contribution in [2.45, 2.75) is 59.5 Å². The number of aromatic nitrogens is 2. The first kappa shape index (κ1) is 26.0. The normalized spacial score (nSPS) is 12.7. The van der Waals surface area contributed by atoms with E-state index in [1.807, 2.05) is 52.8 Å². The molecule has 1 aromatic heterocycles. The van der Waals surface area contributed by atoms with Gasteiger partial charge in [0.1, 0.15) is 0 Å². The van der Waals surface area contributed by atoms with Gasteiger partial charge in [-0.05, 0) is 38.5 Å². The van der Waals surface area contributed by atoms with Crippen LogP contribution in [0.1, 0.15) is 64.9 Å². The van der Waals surface area contributed by atoms with E-state index in [0.717, 1.165) is 17.1 Å². The third-order valence-electron chi connectivity index (χ3n) is 4.17. The molecule has 0 saturated heterocycles. The third-order valence-corrected chi connectivity index (χ3v) is 4.17. The van der Waals surface area contributed by atoms with Crippen LogP contribution in [0, 0.1) is 0 Å². The van der Waals surface area contributed by atoms with Gasteiger partial charge in [-0.25, -0.2) is 0 Å². The monoisotopic (exact) mass is 531 g/mol. The summed E-state index contributed by atoms with van der Waals surface area (Å²) in [6.45, 7) is 13.7. The number of rotatable bonds is 8. The van der Waals surface area contributed by atoms with Gasteiger partial charge < -0.3 is 24.6 Å². The van der Waals surface area contributed by atoms with Gasteiger partial charge in [0.25, 0.3) is 0 Å². The molecule has 0 aliphatic carbocycles. The second kappa shape index (κ2) is 12.0. The van der Waals surface area contributed by atoms with Crippen molar-refractivity contribution in [1.82, 2.24) is 20.8 Å². The van der Waals surface area contributed by atoms with Crippen molar-refractivity contribution < 1.29 is 14.0 Å². The maximum absolute atomic E-state index is 5.72. The lowest BCUT2D eigenvalue weighted by Gasteiger charge is -2.19. The number of aliphatic imine (C=N–C) groups is 1. The quantitative estimate of drug-likeness (QED) is 0.300. The molecule has 2 aromatic rings. The summed E-state index contributed by atoms with van der Waals surface area (Å²) in [5.41, 5.74) is 0.889. The Morgan fingerprint density at radius 1 is 1.17 bits per heavy atom. The second-order valence-electron chi connectivity index (χ2n) is 7.63. The van der Waals surface area contributed by atoms with E-state index in [2.05, 4.69) is 32.7 Å². The molecule has 168 valence electrons. The van der Waals surface area contributed by atoms with E-state index in [-0.39, 0.29) is 35.4 Å². The van der Waals surface area contributed by atoms with E-state index in [1.54, 1.807) is 7.05 Å². The zero-order valence-corrected chi connectivity index (χ0v) is 21.2. The van der Waals surface area contributed by atoms with Gasteiger partial charge in [0.05, 0.1) is 25.8 Å². The lowest BCUT2D eigenvalue weighted by molar-refractivity contribution is 0.287. The van der Waals surface area contributed by atoms with Crippen molar-refractivity contribution in [2.24, 2.45) is 4.99 Å². The minimum atomic E-state index is -0.175. The van der Waals surface area contributed by atoms with Crippen molar-refractivity contribution in [1.29, 1.82) is 0 Å². The number of guanidine groups is 1. The molecular formula is C21H34IN5O3. The Morgan fingerprint density at radius 2 is 1.83 bits per heavy atom. The van der Waals surface area contributed by atoms with Gasteiger partial charge in [0.15, 0.2) is 23.3 Å². The van der Waals surface area contributed by atoms with Gasteiger partial charge in [-0.3, -0.25) is 4.99 Å². The molecule has 0 fully saturated rings. The molecular weight excluding hydrogens is 497 g/mol. The highest BCUT2D eigenvalue weighted by atomic mass is 127. The topological polar surface area (TPSA) is 93.8 Å². The summed E-state index contributed by atoms with van der Waals surface area (Å²) >= 11 is 0. The molecule has 1 aromatic carbocycles. The summed E-state index contributed by atoms with van der Waals surface area (Å²) in [5.74, 6) is 3.34. The van der Waals surface area contributed by atoms with Gasteiger partial charge in [-0.15, -0.1) is 24.0 Å². The van der Waals surface area contributed by atoms with E-state index in [4.69, 9.17) is 14.0 Å². The van der Waals surface area contributed by atoms with Crippen LogP contribution in [-0.2, 0) is 12.0 Å². The summed E-state index contributed by atoms with van der Waals surface area (Å²) in [7, 11) is 1.72. The molecule has 30 heavy (non-hydrogen) atoms. The second-order valence-corrected chi connectivity index (χ2v) is 7.63. The Bertz CT molecular complexity index is 817. The van der Waals surface area contributed by atoms with Crippen LogP contribution < -0.4 is 20.1 Å². The minimum Gasteiger partial charge on any atom is -0.490 e. The highest BCUT2D eigenvalue weighted by Crippen LogP contribution is 2.30. The molecule has 0 aliphatic heterocycles. The Balaban J connectivity index is 0.00000450. The van der Waals surface area contributed by atoms with Crippen molar-refractivity contribution >= 4 is 29.9 Å². The SMILES string of the molecule is CCOc1ccc(C(C)NC(=NC)NCc2noc(C(C)(C)C)n2)cc1OCC.I. The molecule has 0 saturated carbocycles. The first-order valence-electron chi connectivity index (χ1n) is 9.98. The lowest BCUT2D eigenvalue weighted by atomic mass is 9.97. The van der Waals surface area contributed by atoms with Gasteiger partial charge >= 0.3 is 0 Å². The summed E-state index contributed by atoms with van der Waals surface area (Å²) in [4.78, 5) is 8.71. The number of hydrogen-bond acceptors (Lipinski definition) is 6. The number of benzene rings is 1. The van der Waals surface area contributed by atoms with E-state index >= 15 is 0 Å². The maximum Gasteiger partial charge on any atom is 0.232 e. The molecule has 0 spiro atoms. The fourth-order valence-corrected chi connectivity index (χ4v) is 2.61. The summed E-state index contributed by atoms with van der Waals surface area (Å²) in [6.07, 6.45) is 0. The molecule has 0 bridgehead atoms. The van der Waals surface area contributed by atoms with E-state index in [9.17, 15) is 0 Å². The zero-order valence-electron chi connectivity index (χ0n) is 18.9. The number of nitrogens with zero attached hydrogens (tertiary/aromatic N) is 3. The Morgan fingerprint density at radius 3 is 2.40 bits per heavy atom. The van der Waals surface area contributed by atoms with Crippen molar-refractivity contribution in [2.75, 3.05) is 20.3 Å². The number of hydrogen-bond donors (Lipinski definition) is 2. The van der Waals surface area contributed by atoms with Crippen molar-refractivity contribution in [3.8, 4) is 11.5 Å². The van der Waals surface area contributed by atoms with E-state index in [0.29, 0.717) is 37.4 Å². The minimum absolute atomic E-state index is 0. The fraction of sp³-hybridized carbons (Fsp3) is 0.571. The third kappa shape index (κ3) is 7.33. The highest BCUT2D eigenvalue weighted by molar-refractivity contribution is 14.0. The molecule has 0 aliphatic rings. The van der Waals surface area contributed by atoms with Crippen LogP contribution in [0.2, 0.25) is 0 Å². The van der Waals surface area contributed by atoms with E-state index < -0.39 is 0 Å². The standard InChI is InChI=1S/C21H33N5O3.HI/c1-8-27-16-11-10-15(12-17(16)28-9-2)14(3)24-20(22-7)23-13-18-25-19(29-26-18)21(4,5)6;/h10-12,14H,8-9,13H2,1-7H3,(H2,22,23,24);1H. The number of ether oxygens (including phenoxy) is 2. The van der Waals surface area contributed by atoms with E-state index in [1.165, 1.54) is 0 Å². The largest absolute Gasteiger partial charge is 0.490 e. The Labute approximate surface area is 196 Å². The van der Waals surface area contributed by atoms with Crippen LogP contribution >= 0.6 is 24.0 Å². The highest BCUT2D eigenvalue weighted by Gasteiger charge is 2.21. The van der Waals surface area contributed by atoms with Crippen LogP contribution in [0.25, 0.3) is 0 Å². The number of halogens is 1. The van der Waals surface area contributed by atoms with Crippen LogP contribution in [-0.4, -0.2) is 36.4 Å². The average Bonchev–Trinajstić information content (AvgIpc) is 3.16. The van der Waals surface area contributed by atoms with Gasteiger partial charge in [-0.1, -0.05) is 32.0 Å². The molecule has 9 heteroatoms. The van der Waals surface area contributed by atoms with Gasteiger partial charge in [0.2, 0.25) is 5.89 Å². The summed E-state index contributed by atoms with van der Waals surface area (Å²) in [5, 5.41) is 10.6. The summed E-state index contributed by atoms with van der Waals surface area (Å²) < 4.78 is 16.7. The van der Waals surface area contributed by atoms with Crippen LogP contribution in [0.5, 0.6) is 11.5 Å². The average molecular weight is 531 g/mol. The van der Waals surface area contributed by atoms with Gasteiger partial charge in [0, 0.05) is 12.5 Å². The molecule has 2 rings (SSSR count). The molecule has 1 heterocycles. The van der Waals surface area contributed by atoms with Crippen LogP contribution in [0.3, 0.4) is 0 Å². The maximum atomic E-state index is 5.72. The predicted molar refractivity (Wildman–Crippen MR) is 129 cm³/mol. The Hall–Kier alpha value is -2.04.